The van der Waals surface area contributed by atoms with Crippen LogP contribution in [0.15, 0.2) is 24.3 Å². The number of para-hydroxylation sites is 1. The van der Waals surface area contributed by atoms with Crippen LogP contribution in [0.1, 0.15) is 58.4 Å². The first kappa shape index (κ1) is 25.0. The van der Waals surface area contributed by atoms with Crippen LogP contribution < -0.4 is 16.0 Å². The minimum Gasteiger partial charge on any atom is -0.373 e. The fourth-order valence-corrected chi connectivity index (χ4v) is 4.40. The van der Waals surface area contributed by atoms with E-state index in [4.69, 9.17) is 11.6 Å². The van der Waals surface area contributed by atoms with Crippen molar-refractivity contribution in [3.05, 3.63) is 35.0 Å². The summed E-state index contributed by atoms with van der Waals surface area (Å²) in [4.78, 5) is 28.3. The number of H-pyrrole nitrogens is 1. The predicted octanol–water partition coefficient (Wildman–Crippen LogP) is 3.13. The normalized spacial score (nSPS) is 19.4. The zero-order valence-corrected chi connectivity index (χ0v) is 20.0. The van der Waals surface area contributed by atoms with Gasteiger partial charge in [-0.1, -0.05) is 44.5 Å². The van der Waals surface area contributed by atoms with Gasteiger partial charge in [0.2, 0.25) is 11.8 Å². The zero-order valence-electron chi connectivity index (χ0n) is 19.2. The van der Waals surface area contributed by atoms with Crippen molar-refractivity contribution in [3.63, 3.8) is 0 Å². The molecule has 9 heteroatoms. The maximum Gasteiger partial charge on any atom is 0.238 e. The molecule has 1 aromatic carbocycles. The largest absolute Gasteiger partial charge is 0.373 e. The third kappa shape index (κ3) is 6.70. The van der Waals surface area contributed by atoms with E-state index in [-0.39, 0.29) is 29.6 Å². The molecule has 1 aliphatic heterocycles. The van der Waals surface area contributed by atoms with Gasteiger partial charge in [-0.25, -0.2) is 0 Å². The highest BCUT2D eigenvalue weighted by Crippen LogP contribution is 2.27. The second-order valence-corrected chi connectivity index (χ2v) is 10.3. The van der Waals surface area contributed by atoms with Crippen molar-refractivity contribution in [2.75, 3.05) is 6.54 Å². The van der Waals surface area contributed by atoms with Crippen molar-refractivity contribution in [2.45, 2.75) is 64.8 Å². The van der Waals surface area contributed by atoms with Gasteiger partial charge in [0.25, 0.3) is 0 Å². The Labute approximate surface area is 199 Å². The van der Waals surface area contributed by atoms with Crippen LogP contribution in [0.25, 0.3) is 10.9 Å². The molecule has 2 amide bonds. The molecule has 1 aromatic heterocycles. The molecule has 8 nitrogen and oxygen atoms in total. The van der Waals surface area contributed by atoms with Crippen LogP contribution in [-0.2, 0) is 9.59 Å². The summed E-state index contributed by atoms with van der Waals surface area (Å²) in [5.74, 6) is -0.756. The number of rotatable bonds is 8. The Bertz CT molecular complexity index is 1040. The number of nitrogens with zero attached hydrogens (tertiary/aromatic N) is 1. The van der Waals surface area contributed by atoms with Crippen molar-refractivity contribution >= 4 is 34.3 Å². The Hall–Kier alpha value is -2.60. The van der Waals surface area contributed by atoms with Crippen molar-refractivity contribution in [1.82, 2.24) is 20.9 Å². The number of amides is 2. The van der Waals surface area contributed by atoms with Gasteiger partial charge >= 0.3 is 0 Å². The number of hydrogen-bond acceptors (Lipinski definition) is 5. The number of nitriles is 1. The van der Waals surface area contributed by atoms with E-state index in [0.29, 0.717) is 35.6 Å². The summed E-state index contributed by atoms with van der Waals surface area (Å²) in [6.07, 6.45) is 1.11. The van der Waals surface area contributed by atoms with Gasteiger partial charge in [-0.3, -0.25) is 14.9 Å². The number of aliphatic hydroxyl groups excluding tert-OH is 1. The number of piperidine rings is 1. The lowest BCUT2D eigenvalue weighted by atomic mass is 9.87. The van der Waals surface area contributed by atoms with Crippen LogP contribution in [0.2, 0.25) is 5.02 Å². The topological polar surface area (TPSA) is 130 Å². The van der Waals surface area contributed by atoms with E-state index in [1.165, 1.54) is 0 Å². The molecule has 0 saturated carbocycles. The number of carbonyl (C=O) groups is 2. The van der Waals surface area contributed by atoms with Crippen LogP contribution in [-0.4, -0.2) is 40.5 Å². The van der Waals surface area contributed by atoms with E-state index in [2.05, 4.69) is 27.0 Å². The molecule has 1 fully saturated rings. The average Bonchev–Trinajstić information content (AvgIpc) is 3.19. The zero-order chi connectivity index (χ0) is 24.2. The Morgan fingerprint density at radius 3 is 2.79 bits per heavy atom. The van der Waals surface area contributed by atoms with Crippen molar-refractivity contribution in [2.24, 2.45) is 11.3 Å². The summed E-state index contributed by atoms with van der Waals surface area (Å²) in [5.41, 5.74) is 0.979. The molecule has 2 aromatic rings. The molecule has 4 atom stereocenters. The standard InChI is InChI=1S/C24H32ClN5O3/c1-24(2,3)12-19(23(33)28-16(13-26)10-15-7-5-9-27-21(15)31)30-22(32)18-11-14-6-4-8-17(25)20(14)29-18/h4,6,8,11,15-16,19,22,29-30,32H,5,7,9-10,12H2,1-3H3,(H,27,31)(H,28,33)/t15-,16-,19-,22?/m0/s1. The van der Waals surface area contributed by atoms with E-state index in [1.54, 1.807) is 12.1 Å². The predicted molar refractivity (Wildman–Crippen MR) is 127 cm³/mol. The molecule has 2 heterocycles. The Morgan fingerprint density at radius 2 is 2.15 bits per heavy atom. The lowest BCUT2D eigenvalue weighted by molar-refractivity contribution is -0.128. The van der Waals surface area contributed by atoms with E-state index < -0.39 is 18.3 Å². The molecule has 178 valence electrons. The maximum absolute atomic E-state index is 13.1. The van der Waals surface area contributed by atoms with Gasteiger partial charge in [-0.2, -0.15) is 5.26 Å². The summed E-state index contributed by atoms with van der Waals surface area (Å²) in [6.45, 7) is 6.64. The number of halogens is 1. The maximum atomic E-state index is 13.1. The van der Waals surface area contributed by atoms with Crippen LogP contribution in [0.3, 0.4) is 0 Å². The molecule has 33 heavy (non-hydrogen) atoms. The third-order valence-corrected chi connectivity index (χ3v) is 6.12. The summed E-state index contributed by atoms with van der Waals surface area (Å²) in [7, 11) is 0. The van der Waals surface area contributed by atoms with E-state index >= 15 is 0 Å². The molecule has 0 bridgehead atoms. The molecule has 0 aliphatic carbocycles. The third-order valence-electron chi connectivity index (χ3n) is 5.80. The number of nitrogens with one attached hydrogen (secondary N) is 4. The summed E-state index contributed by atoms with van der Waals surface area (Å²) in [5, 5.41) is 30.4. The summed E-state index contributed by atoms with van der Waals surface area (Å²) in [6, 6.07) is 7.81. The second kappa shape index (κ2) is 10.6. The molecule has 0 radical (unpaired) electrons. The molecule has 0 spiro atoms. The van der Waals surface area contributed by atoms with Crippen LogP contribution >= 0.6 is 11.6 Å². The lowest BCUT2D eigenvalue weighted by Gasteiger charge is -2.29. The minimum absolute atomic E-state index is 0.0759. The summed E-state index contributed by atoms with van der Waals surface area (Å²) >= 11 is 6.23. The SMILES string of the molecule is CC(C)(C)C[C@H](NC(O)c1cc2cccc(Cl)c2[nH]1)C(=O)N[C@H](C#N)C[C@@H]1CCCNC1=O. The number of aliphatic hydroxyl groups is 1. The van der Waals surface area contributed by atoms with Gasteiger partial charge in [0.1, 0.15) is 12.3 Å². The van der Waals surface area contributed by atoms with Crippen molar-refractivity contribution < 1.29 is 14.7 Å². The molecule has 1 unspecified atom stereocenters. The Morgan fingerprint density at radius 1 is 1.39 bits per heavy atom. The van der Waals surface area contributed by atoms with Gasteiger partial charge in [-0.05, 0) is 43.2 Å². The van der Waals surface area contributed by atoms with Gasteiger partial charge in [-0.15, -0.1) is 0 Å². The monoisotopic (exact) mass is 473 g/mol. The van der Waals surface area contributed by atoms with Gasteiger partial charge in [0.05, 0.1) is 28.3 Å². The van der Waals surface area contributed by atoms with Gasteiger partial charge in [0.15, 0.2) is 0 Å². The number of aromatic nitrogens is 1. The number of benzene rings is 1. The Kier molecular flexibility index (Phi) is 8.01. The first-order chi connectivity index (χ1) is 15.6. The first-order valence-corrected chi connectivity index (χ1v) is 11.6. The van der Waals surface area contributed by atoms with Crippen LogP contribution in [0.5, 0.6) is 0 Å². The molecular formula is C24H32ClN5O3. The lowest BCUT2D eigenvalue weighted by Crippen LogP contribution is -2.51. The number of carbonyl (C=O) groups excluding carboxylic acids is 2. The average molecular weight is 474 g/mol. The van der Waals surface area contributed by atoms with Crippen molar-refractivity contribution in [3.8, 4) is 6.07 Å². The fraction of sp³-hybridized carbons (Fsp3) is 0.542. The highest BCUT2D eigenvalue weighted by Gasteiger charge is 2.31. The first-order valence-electron chi connectivity index (χ1n) is 11.3. The fourth-order valence-electron chi connectivity index (χ4n) is 4.17. The quantitative estimate of drug-likeness (QED) is 0.376. The Balaban J connectivity index is 1.72. The number of fused-ring (bicyclic) bond motifs is 1. The smallest absolute Gasteiger partial charge is 0.238 e. The van der Waals surface area contributed by atoms with Crippen molar-refractivity contribution in [1.29, 1.82) is 5.26 Å². The molecular weight excluding hydrogens is 442 g/mol. The van der Waals surface area contributed by atoms with Gasteiger partial charge in [0, 0.05) is 17.8 Å². The number of hydrogen-bond donors (Lipinski definition) is 5. The highest BCUT2D eigenvalue weighted by atomic mass is 35.5. The van der Waals surface area contributed by atoms with Crippen LogP contribution in [0.4, 0.5) is 0 Å². The highest BCUT2D eigenvalue weighted by molar-refractivity contribution is 6.35. The molecule has 1 saturated heterocycles. The van der Waals surface area contributed by atoms with E-state index in [9.17, 15) is 20.0 Å². The van der Waals surface area contributed by atoms with E-state index in [0.717, 1.165) is 11.8 Å². The molecule has 5 N–H and O–H groups in total. The van der Waals surface area contributed by atoms with Gasteiger partial charge < -0.3 is 20.7 Å². The van der Waals surface area contributed by atoms with Crippen LogP contribution in [0, 0.1) is 22.7 Å². The molecule has 3 rings (SSSR count). The number of aromatic amines is 1. The molecule has 1 aliphatic rings. The summed E-state index contributed by atoms with van der Waals surface area (Å²) < 4.78 is 0. The van der Waals surface area contributed by atoms with E-state index in [1.807, 2.05) is 32.9 Å². The second-order valence-electron chi connectivity index (χ2n) is 9.87. The minimum atomic E-state index is -1.14.